The first-order chi connectivity index (χ1) is 13.0. The Hall–Kier alpha value is -2.75. The average Bonchev–Trinajstić information content (AvgIpc) is 2.63. The van der Waals surface area contributed by atoms with Gasteiger partial charge in [-0.15, -0.1) is 0 Å². The lowest BCUT2D eigenvalue weighted by molar-refractivity contribution is -0.384. The predicted octanol–water partition coefficient (Wildman–Crippen LogP) is 6.15. The van der Waals surface area contributed by atoms with E-state index >= 15 is 0 Å². The number of rotatable bonds is 4. The second-order valence-corrected chi connectivity index (χ2v) is 9.03. The molecule has 4 nitrogen and oxygen atoms in total. The van der Waals surface area contributed by atoms with Gasteiger partial charge in [0, 0.05) is 17.7 Å². The molecule has 0 amide bonds. The molecule has 2 aromatic rings. The van der Waals surface area contributed by atoms with Crippen molar-refractivity contribution in [3.8, 4) is 0 Å². The first kappa shape index (κ1) is 20.0. The van der Waals surface area contributed by atoms with Crippen molar-refractivity contribution in [1.82, 2.24) is 0 Å². The second kappa shape index (κ2) is 7.01. The van der Waals surface area contributed by atoms with Crippen LogP contribution in [-0.2, 0) is 10.8 Å². The number of carbonyl (C=O) groups excluding carboxylic acids is 1. The smallest absolute Gasteiger partial charge is 0.270 e. The molecular weight excluding hydrogens is 350 g/mol. The molecule has 1 aliphatic carbocycles. The van der Waals surface area contributed by atoms with Crippen molar-refractivity contribution in [2.75, 3.05) is 0 Å². The molecule has 0 heterocycles. The Balaban J connectivity index is 1.97. The summed E-state index contributed by atoms with van der Waals surface area (Å²) in [5.74, 6) is -0.0778. The van der Waals surface area contributed by atoms with Crippen LogP contribution in [0.5, 0.6) is 0 Å². The molecular formula is C24H27NO3. The third kappa shape index (κ3) is 3.77. The number of nitro benzene ring substituents is 1. The number of non-ortho nitro benzene ring substituents is 1. The maximum absolute atomic E-state index is 12.9. The summed E-state index contributed by atoms with van der Waals surface area (Å²) in [7, 11) is 0. The summed E-state index contributed by atoms with van der Waals surface area (Å²) in [6, 6.07) is 10.5. The summed E-state index contributed by atoms with van der Waals surface area (Å²) in [4.78, 5) is 23.4. The molecule has 3 rings (SSSR count). The van der Waals surface area contributed by atoms with Crippen molar-refractivity contribution >= 4 is 17.5 Å². The molecule has 0 radical (unpaired) electrons. The fourth-order valence-electron chi connectivity index (χ4n) is 3.99. The average molecular weight is 377 g/mol. The topological polar surface area (TPSA) is 60.2 Å². The predicted molar refractivity (Wildman–Crippen MR) is 113 cm³/mol. The van der Waals surface area contributed by atoms with Crippen LogP contribution in [0.25, 0.3) is 6.08 Å². The van der Waals surface area contributed by atoms with Gasteiger partial charge in [-0.2, -0.15) is 0 Å². The fourth-order valence-corrected chi connectivity index (χ4v) is 3.99. The fraction of sp³-hybridized carbons (Fsp3) is 0.375. The second-order valence-electron chi connectivity index (χ2n) is 9.03. The van der Waals surface area contributed by atoms with Gasteiger partial charge in [0.1, 0.15) is 0 Å². The summed E-state index contributed by atoms with van der Waals surface area (Å²) in [6.07, 6.45) is 5.37. The molecule has 0 saturated carbocycles. The van der Waals surface area contributed by atoms with Crippen LogP contribution in [0, 0.1) is 17.0 Å². The van der Waals surface area contributed by atoms with E-state index in [-0.39, 0.29) is 22.3 Å². The van der Waals surface area contributed by atoms with Gasteiger partial charge in [-0.1, -0.05) is 52.0 Å². The highest BCUT2D eigenvalue weighted by molar-refractivity contribution is 6.08. The van der Waals surface area contributed by atoms with Crippen LogP contribution in [-0.4, -0.2) is 10.7 Å². The van der Waals surface area contributed by atoms with E-state index in [1.165, 1.54) is 29.3 Å². The normalized spacial score (nSPS) is 17.3. The van der Waals surface area contributed by atoms with Crippen molar-refractivity contribution in [2.45, 2.75) is 58.3 Å². The summed E-state index contributed by atoms with van der Waals surface area (Å²) < 4.78 is 0. The molecule has 0 saturated heterocycles. The number of aryl methyl sites for hydroxylation is 1. The number of carbonyl (C=O) groups is 1. The number of benzene rings is 2. The number of hydrogen-bond acceptors (Lipinski definition) is 3. The molecule has 0 bridgehead atoms. The molecule has 0 aromatic heterocycles. The highest BCUT2D eigenvalue weighted by Crippen LogP contribution is 2.46. The summed E-state index contributed by atoms with van der Waals surface area (Å²) >= 11 is 0. The van der Waals surface area contributed by atoms with Crippen molar-refractivity contribution in [2.24, 2.45) is 0 Å². The van der Waals surface area contributed by atoms with E-state index in [1.807, 2.05) is 6.92 Å². The standard InChI is InChI=1S/C24H27NO3/c1-16-13-20-21(24(4,5)12-11-23(20,2)3)15-19(16)22(26)10-9-17-7-6-8-18(14-17)25(27)28/h6-10,13-15H,11-12H2,1-5H3/b10-9+. The largest absolute Gasteiger partial charge is 0.289 e. The van der Waals surface area contributed by atoms with Crippen molar-refractivity contribution in [3.05, 3.63) is 80.4 Å². The first-order valence-electron chi connectivity index (χ1n) is 9.64. The third-order valence-corrected chi connectivity index (χ3v) is 5.97. The van der Waals surface area contributed by atoms with Crippen LogP contribution < -0.4 is 0 Å². The number of ketones is 1. The minimum Gasteiger partial charge on any atom is -0.289 e. The van der Waals surface area contributed by atoms with Gasteiger partial charge in [-0.3, -0.25) is 14.9 Å². The van der Waals surface area contributed by atoms with Gasteiger partial charge >= 0.3 is 0 Å². The maximum Gasteiger partial charge on any atom is 0.270 e. The molecule has 0 spiro atoms. The van der Waals surface area contributed by atoms with Gasteiger partial charge in [0.05, 0.1) is 4.92 Å². The Bertz CT molecular complexity index is 983. The van der Waals surface area contributed by atoms with Gasteiger partial charge < -0.3 is 0 Å². The number of nitro groups is 1. The van der Waals surface area contributed by atoms with Crippen LogP contribution in [0.3, 0.4) is 0 Å². The molecule has 0 atom stereocenters. The Kier molecular flexibility index (Phi) is 5.00. The van der Waals surface area contributed by atoms with Crippen LogP contribution >= 0.6 is 0 Å². The van der Waals surface area contributed by atoms with Gasteiger partial charge in [-0.25, -0.2) is 0 Å². The van der Waals surface area contributed by atoms with Crippen LogP contribution in [0.15, 0.2) is 42.5 Å². The highest BCUT2D eigenvalue weighted by Gasteiger charge is 2.37. The minimum atomic E-state index is -0.434. The van der Waals surface area contributed by atoms with Crippen molar-refractivity contribution < 1.29 is 9.72 Å². The Morgan fingerprint density at radius 1 is 1.04 bits per heavy atom. The molecule has 0 N–H and O–H groups in total. The van der Waals surface area contributed by atoms with Crippen LogP contribution in [0.1, 0.15) is 73.1 Å². The van der Waals surface area contributed by atoms with Gasteiger partial charge in [0.15, 0.2) is 5.78 Å². The minimum absolute atomic E-state index is 0.0172. The summed E-state index contributed by atoms with van der Waals surface area (Å²) in [5, 5.41) is 10.9. The molecule has 0 aliphatic heterocycles. The van der Waals surface area contributed by atoms with E-state index in [9.17, 15) is 14.9 Å². The van der Waals surface area contributed by atoms with Gasteiger partial charge in [-0.05, 0) is 65.0 Å². The number of nitrogens with zero attached hydrogens (tertiary/aromatic N) is 1. The van der Waals surface area contributed by atoms with E-state index in [0.29, 0.717) is 11.1 Å². The van der Waals surface area contributed by atoms with E-state index in [1.54, 1.807) is 18.2 Å². The van der Waals surface area contributed by atoms with Crippen LogP contribution in [0.2, 0.25) is 0 Å². The monoisotopic (exact) mass is 377 g/mol. The molecule has 28 heavy (non-hydrogen) atoms. The third-order valence-electron chi connectivity index (χ3n) is 5.97. The molecule has 0 fully saturated rings. The van der Waals surface area contributed by atoms with E-state index in [2.05, 4.69) is 39.8 Å². The lowest BCUT2D eigenvalue weighted by Crippen LogP contribution is -2.34. The number of allylic oxidation sites excluding steroid dienone is 1. The van der Waals surface area contributed by atoms with Crippen molar-refractivity contribution in [3.63, 3.8) is 0 Å². The molecule has 4 heteroatoms. The molecule has 1 aliphatic rings. The van der Waals surface area contributed by atoms with Gasteiger partial charge in [0.25, 0.3) is 5.69 Å². The van der Waals surface area contributed by atoms with E-state index in [0.717, 1.165) is 18.4 Å². The molecule has 2 aromatic carbocycles. The van der Waals surface area contributed by atoms with Crippen LogP contribution in [0.4, 0.5) is 5.69 Å². The molecule has 0 unspecified atom stereocenters. The maximum atomic E-state index is 12.9. The Morgan fingerprint density at radius 3 is 2.25 bits per heavy atom. The quantitative estimate of drug-likeness (QED) is 0.278. The van der Waals surface area contributed by atoms with Gasteiger partial charge in [0.2, 0.25) is 0 Å². The number of fused-ring (bicyclic) bond motifs is 1. The zero-order valence-electron chi connectivity index (χ0n) is 17.2. The van der Waals surface area contributed by atoms with E-state index in [4.69, 9.17) is 0 Å². The first-order valence-corrected chi connectivity index (χ1v) is 9.64. The zero-order valence-corrected chi connectivity index (χ0v) is 17.2. The Morgan fingerprint density at radius 2 is 1.64 bits per heavy atom. The number of hydrogen-bond donors (Lipinski definition) is 0. The SMILES string of the molecule is Cc1cc2c(cc1C(=O)/C=C/c1cccc([N+](=O)[O-])c1)C(C)(C)CCC2(C)C. The molecule has 146 valence electrons. The Labute approximate surface area is 166 Å². The zero-order chi connectivity index (χ0) is 20.7. The lowest BCUT2D eigenvalue weighted by Gasteiger charge is -2.42. The summed E-state index contributed by atoms with van der Waals surface area (Å²) in [6.45, 7) is 11.0. The summed E-state index contributed by atoms with van der Waals surface area (Å²) in [5.41, 5.74) is 5.06. The highest BCUT2D eigenvalue weighted by atomic mass is 16.6. The van der Waals surface area contributed by atoms with Crippen molar-refractivity contribution in [1.29, 1.82) is 0 Å². The lowest BCUT2D eigenvalue weighted by atomic mass is 9.62. The van der Waals surface area contributed by atoms with E-state index < -0.39 is 4.92 Å².